The lowest BCUT2D eigenvalue weighted by atomic mass is 10.1. The van der Waals surface area contributed by atoms with Crippen LogP contribution in [0.3, 0.4) is 0 Å². The second-order valence-electron chi connectivity index (χ2n) is 7.17. The Bertz CT molecular complexity index is 508. The summed E-state index contributed by atoms with van der Waals surface area (Å²) in [6.07, 6.45) is 1.04. The van der Waals surface area contributed by atoms with E-state index in [9.17, 15) is 14.4 Å². The summed E-state index contributed by atoms with van der Waals surface area (Å²) in [5.74, 6) is -0.164. The number of amides is 4. The minimum Gasteiger partial charge on any atom is -0.383 e. The lowest BCUT2D eigenvalue weighted by Crippen LogP contribution is -2.44. The summed E-state index contributed by atoms with van der Waals surface area (Å²) in [4.78, 5) is 41.3. The number of imide groups is 1. The van der Waals surface area contributed by atoms with Crippen LogP contribution in [0.25, 0.3) is 0 Å². The van der Waals surface area contributed by atoms with Gasteiger partial charge in [0.1, 0.15) is 12.1 Å². The Morgan fingerprint density at radius 3 is 2.71 bits per heavy atom. The highest BCUT2D eigenvalue weighted by molar-refractivity contribution is 6.08. The first-order chi connectivity index (χ1) is 11.2. The molecule has 0 radical (unpaired) electrons. The molecule has 0 saturated carbocycles. The molecule has 1 atom stereocenters. The summed E-state index contributed by atoms with van der Waals surface area (Å²) in [6.45, 7) is 7.27. The molecule has 0 aromatic rings. The number of urea groups is 1. The first-order valence-electron chi connectivity index (χ1n) is 8.34. The third-order valence-electron chi connectivity index (χ3n) is 4.68. The standard InChI is InChI=1S/C16H28N4O4/c1-16(2)14(22)20(15(23)17-16)11-13(21)18(3)9-12-5-6-19(10-12)7-8-24-4/h12H,5-11H2,1-4H3,(H,17,23). The molecule has 136 valence electrons. The van der Waals surface area contributed by atoms with Crippen molar-refractivity contribution < 1.29 is 19.1 Å². The number of likely N-dealkylation sites (tertiary alicyclic amines) is 1. The Kier molecular flexibility index (Phi) is 5.82. The van der Waals surface area contributed by atoms with Gasteiger partial charge in [-0.2, -0.15) is 0 Å². The fraction of sp³-hybridized carbons (Fsp3) is 0.812. The zero-order chi connectivity index (χ0) is 17.9. The molecule has 24 heavy (non-hydrogen) atoms. The van der Waals surface area contributed by atoms with E-state index in [1.54, 1.807) is 32.9 Å². The topological polar surface area (TPSA) is 82.2 Å². The summed E-state index contributed by atoms with van der Waals surface area (Å²) < 4.78 is 5.09. The van der Waals surface area contributed by atoms with E-state index in [-0.39, 0.29) is 18.4 Å². The molecular weight excluding hydrogens is 312 g/mol. The Labute approximate surface area is 143 Å². The van der Waals surface area contributed by atoms with Crippen molar-refractivity contribution in [2.24, 2.45) is 5.92 Å². The number of carbonyl (C=O) groups excluding carboxylic acids is 3. The summed E-state index contributed by atoms with van der Waals surface area (Å²) in [5.41, 5.74) is -0.941. The predicted molar refractivity (Wildman–Crippen MR) is 88.4 cm³/mol. The SMILES string of the molecule is COCCN1CCC(CN(C)C(=O)CN2C(=O)NC(C)(C)C2=O)C1. The number of ether oxygens (including phenoxy) is 1. The van der Waals surface area contributed by atoms with E-state index in [4.69, 9.17) is 4.74 Å². The van der Waals surface area contributed by atoms with Gasteiger partial charge >= 0.3 is 6.03 Å². The molecule has 4 amide bonds. The van der Waals surface area contributed by atoms with Gasteiger partial charge in [0.15, 0.2) is 0 Å². The molecular formula is C16H28N4O4. The summed E-state index contributed by atoms with van der Waals surface area (Å²) in [7, 11) is 3.42. The van der Waals surface area contributed by atoms with Gasteiger partial charge in [-0.15, -0.1) is 0 Å². The monoisotopic (exact) mass is 340 g/mol. The molecule has 2 heterocycles. The molecule has 8 heteroatoms. The van der Waals surface area contributed by atoms with Gasteiger partial charge in [-0.3, -0.25) is 14.5 Å². The molecule has 0 aromatic heterocycles. The Balaban J connectivity index is 1.81. The number of hydrogen-bond acceptors (Lipinski definition) is 5. The number of rotatable bonds is 7. The van der Waals surface area contributed by atoms with Crippen LogP contribution in [0.5, 0.6) is 0 Å². The van der Waals surface area contributed by atoms with E-state index in [1.807, 2.05) is 0 Å². The molecule has 2 rings (SSSR count). The number of carbonyl (C=O) groups is 3. The average Bonchev–Trinajstić information content (AvgIpc) is 3.02. The molecule has 0 spiro atoms. The zero-order valence-electron chi connectivity index (χ0n) is 15.0. The maximum absolute atomic E-state index is 12.4. The summed E-state index contributed by atoms with van der Waals surface area (Å²) >= 11 is 0. The molecule has 0 aliphatic carbocycles. The lowest BCUT2D eigenvalue weighted by Gasteiger charge is -2.24. The van der Waals surface area contributed by atoms with Crippen molar-refractivity contribution in [1.29, 1.82) is 0 Å². The van der Waals surface area contributed by atoms with Gasteiger partial charge < -0.3 is 19.9 Å². The van der Waals surface area contributed by atoms with Crippen LogP contribution in [0, 0.1) is 5.92 Å². The van der Waals surface area contributed by atoms with Gasteiger partial charge in [0.2, 0.25) is 5.91 Å². The van der Waals surface area contributed by atoms with Crippen molar-refractivity contribution in [3.63, 3.8) is 0 Å². The van der Waals surface area contributed by atoms with Gasteiger partial charge in [-0.1, -0.05) is 0 Å². The van der Waals surface area contributed by atoms with Gasteiger partial charge in [0.05, 0.1) is 6.61 Å². The highest BCUT2D eigenvalue weighted by Crippen LogP contribution is 2.18. The molecule has 1 unspecified atom stereocenters. The normalized spacial score (nSPS) is 23.7. The number of nitrogens with zero attached hydrogens (tertiary/aromatic N) is 3. The fourth-order valence-corrected chi connectivity index (χ4v) is 3.19. The van der Waals surface area contributed by atoms with Crippen LogP contribution in [-0.4, -0.2) is 91.6 Å². The average molecular weight is 340 g/mol. The van der Waals surface area contributed by atoms with Crippen molar-refractivity contribution >= 4 is 17.8 Å². The van der Waals surface area contributed by atoms with Crippen LogP contribution < -0.4 is 5.32 Å². The van der Waals surface area contributed by atoms with Crippen molar-refractivity contribution in [1.82, 2.24) is 20.0 Å². The maximum Gasteiger partial charge on any atom is 0.325 e. The van der Waals surface area contributed by atoms with Gasteiger partial charge in [-0.05, 0) is 32.7 Å². The van der Waals surface area contributed by atoms with Crippen molar-refractivity contribution in [2.75, 3.05) is 53.5 Å². The molecule has 0 bridgehead atoms. The third-order valence-corrected chi connectivity index (χ3v) is 4.68. The van der Waals surface area contributed by atoms with E-state index in [0.717, 1.165) is 31.0 Å². The molecule has 2 aliphatic rings. The quantitative estimate of drug-likeness (QED) is 0.646. The third kappa shape index (κ3) is 4.24. The minimum absolute atomic E-state index is 0.204. The van der Waals surface area contributed by atoms with Crippen LogP contribution in [0.4, 0.5) is 4.79 Å². The fourth-order valence-electron chi connectivity index (χ4n) is 3.19. The molecule has 2 fully saturated rings. The van der Waals surface area contributed by atoms with Crippen LogP contribution in [0.2, 0.25) is 0 Å². The number of nitrogens with one attached hydrogen (secondary N) is 1. The van der Waals surface area contributed by atoms with Gasteiger partial charge in [0.25, 0.3) is 5.91 Å². The summed E-state index contributed by atoms with van der Waals surface area (Å²) in [5, 5.41) is 2.58. The van der Waals surface area contributed by atoms with Crippen molar-refractivity contribution in [3.05, 3.63) is 0 Å². The van der Waals surface area contributed by atoms with E-state index in [0.29, 0.717) is 19.1 Å². The smallest absolute Gasteiger partial charge is 0.325 e. The molecule has 1 N–H and O–H groups in total. The van der Waals surface area contributed by atoms with Crippen LogP contribution in [-0.2, 0) is 14.3 Å². The van der Waals surface area contributed by atoms with Crippen LogP contribution >= 0.6 is 0 Å². The van der Waals surface area contributed by atoms with Crippen molar-refractivity contribution in [3.8, 4) is 0 Å². The number of methoxy groups -OCH3 is 1. The predicted octanol–water partition coefficient (Wildman–Crippen LogP) is -0.256. The molecule has 8 nitrogen and oxygen atoms in total. The maximum atomic E-state index is 12.4. The minimum atomic E-state index is -0.941. The summed E-state index contributed by atoms with van der Waals surface area (Å²) in [6, 6.07) is -0.502. The highest BCUT2D eigenvalue weighted by Gasteiger charge is 2.45. The lowest BCUT2D eigenvalue weighted by molar-refractivity contribution is -0.138. The van der Waals surface area contributed by atoms with E-state index < -0.39 is 11.6 Å². The Morgan fingerprint density at radius 1 is 1.42 bits per heavy atom. The molecule has 2 aliphatic heterocycles. The van der Waals surface area contributed by atoms with Gasteiger partial charge in [-0.25, -0.2) is 4.79 Å². The van der Waals surface area contributed by atoms with E-state index in [2.05, 4.69) is 10.2 Å². The molecule has 2 saturated heterocycles. The number of hydrogen-bond donors (Lipinski definition) is 1. The Morgan fingerprint density at radius 2 is 2.12 bits per heavy atom. The second kappa shape index (κ2) is 7.48. The van der Waals surface area contributed by atoms with Crippen molar-refractivity contribution in [2.45, 2.75) is 25.8 Å². The van der Waals surface area contributed by atoms with Crippen LogP contribution in [0.1, 0.15) is 20.3 Å². The first-order valence-corrected chi connectivity index (χ1v) is 8.34. The molecule has 0 aromatic carbocycles. The van der Waals surface area contributed by atoms with Crippen LogP contribution in [0.15, 0.2) is 0 Å². The largest absolute Gasteiger partial charge is 0.383 e. The van der Waals surface area contributed by atoms with Gasteiger partial charge in [0, 0.05) is 33.8 Å². The zero-order valence-corrected chi connectivity index (χ0v) is 15.0. The first kappa shape index (κ1) is 18.7. The highest BCUT2D eigenvalue weighted by atomic mass is 16.5. The Hall–Kier alpha value is -1.67. The van der Waals surface area contributed by atoms with E-state index >= 15 is 0 Å². The van der Waals surface area contributed by atoms with E-state index in [1.165, 1.54) is 0 Å². The second-order valence-corrected chi connectivity index (χ2v) is 7.17. The number of likely N-dealkylation sites (N-methyl/N-ethyl adjacent to an activating group) is 1.